The van der Waals surface area contributed by atoms with Crippen LogP contribution in [0.25, 0.3) is 0 Å². The molecule has 0 aliphatic heterocycles. The molecule has 3 rings (SSSR count). The molecule has 0 saturated heterocycles. The van der Waals surface area contributed by atoms with Gasteiger partial charge < -0.3 is 10.6 Å². The van der Waals surface area contributed by atoms with Crippen molar-refractivity contribution in [3.8, 4) is 0 Å². The summed E-state index contributed by atoms with van der Waals surface area (Å²) < 4.78 is 0. The van der Waals surface area contributed by atoms with Gasteiger partial charge in [0.25, 0.3) is 0 Å². The van der Waals surface area contributed by atoms with Gasteiger partial charge in [0.15, 0.2) is 0 Å². The summed E-state index contributed by atoms with van der Waals surface area (Å²) in [6, 6.07) is 18.2. The molecule has 2 N–H and O–H groups in total. The second-order valence-electron chi connectivity index (χ2n) is 5.87. The Labute approximate surface area is 153 Å². The number of aryl methyl sites for hydroxylation is 2. The zero-order chi connectivity index (χ0) is 17.5. The third kappa shape index (κ3) is 5.19. The average Bonchev–Trinajstić information content (AvgIpc) is 2.63. The molecule has 0 radical (unpaired) electrons. The Morgan fingerprint density at radius 2 is 1.88 bits per heavy atom. The van der Waals surface area contributed by atoms with Gasteiger partial charge in [-0.25, -0.2) is 4.98 Å². The van der Waals surface area contributed by atoms with Crippen LogP contribution < -0.4 is 10.6 Å². The normalized spacial score (nSPS) is 10.5. The van der Waals surface area contributed by atoms with E-state index in [1.807, 2.05) is 37.3 Å². The van der Waals surface area contributed by atoms with Crippen LogP contribution in [0.2, 0.25) is 5.02 Å². The zero-order valence-corrected chi connectivity index (χ0v) is 14.9. The molecule has 25 heavy (non-hydrogen) atoms. The fourth-order valence-electron chi connectivity index (χ4n) is 2.47. The zero-order valence-electron chi connectivity index (χ0n) is 14.2. The van der Waals surface area contributed by atoms with E-state index in [0.717, 1.165) is 41.5 Å². The van der Waals surface area contributed by atoms with Gasteiger partial charge in [-0.15, -0.1) is 0 Å². The van der Waals surface area contributed by atoms with E-state index in [1.165, 1.54) is 5.56 Å². The van der Waals surface area contributed by atoms with E-state index in [1.54, 1.807) is 6.20 Å². The van der Waals surface area contributed by atoms with Gasteiger partial charge in [-0.1, -0.05) is 48.0 Å². The SMILES string of the molecule is Cc1ccc(Nc2ccnc(NCCCc3ccccc3)n2)cc1Cl. The Balaban J connectivity index is 1.53. The maximum Gasteiger partial charge on any atom is 0.224 e. The summed E-state index contributed by atoms with van der Waals surface area (Å²) in [6.45, 7) is 2.81. The quantitative estimate of drug-likeness (QED) is 0.572. The monoisotopic (exact) mass is 352 g/mol. The highest BCUT2D eigenvalue weighted by Crippen LogP contribution is 2.22. The third-order valence-corrected chi connectivity index (χ3v) is 4.28. The molecule has 0 bridgehead atoms. The van der Waals surface area contributed by atoms with E-state index in [9.17, 15) is 0 Å². The van der Waals surface area contributed by atoms with Crippen LogP contribution in [0, 0.1) is 6.92 Å². The van der Waals surface area contributed by atoms with Gasteiger partial charge in [0.2, 0.25) is 5.95 Å². The first-order valence-corrected chi connectivity index (χ1v) is 8.72. The molecule has 2 aromatic carbocycles. The van der Waals surface area contributed by atoms with E-state index < -0.39 is 0 Å². The van der Waals surface area contributed by atoms with E-state index >= 15 is 0 Å². The molecule has 0 atom stereocenters. The van der Waals surface area contributed by atoms with Gasteiger partial charge in [0.05, 0.1) is 0 Å². The molecular formula is C20H21ClN4. The molecule has 1 heterocycles. The highest BCUT2D eigenvalue weighted by atomic mass is 35.5. The minimum absolute atomic E-state index is 0.622. The summed E-state index contributed by atoms with van der Waals surface area (Å²) in [5.41, 5.74) is 3.30. The number of benzene rings is 2. The smallest absolute Gasteiger partial charge is 0.224 e. The first-order valence-electron chi connectivity index (χ1n) is 8.35. The number of nitrogens with one attached hydrogen (secondary N) is 2. The summed E-state index contributed by atoms with van der Waals surface area (Å²) in [7, 11) is 0. The Hall–Kier alpha value is -2.59. The maximum atomic E-state index is 6.16. The molecular weight excluding hydrogens is 332 g/mol. The van der Waals surface area contributed by atoms with Crippen LogP contribution >= 0.6 is 11.6 Å². The van der Waals surface area contributed by atoms with Crippen molar-refractivity contribution < 1.29 is 0 Å². The largest absolute Gasteiger partial charge is 0.354 e. The summed E-state index contributed by atoms with van der Waals surface area (Å²) in [5.74, 6) is 1.36. The molecule has 0 aliphatic rings. The number of rotatable bonds is 7. The van der Waals surface area contributed by atoms with Crippen molar-refractivity contribution in [1.29, 1.82) is 0 Å². The summed E-state index contributed by atoms with van der Waals surface area (Å²) in [5, 5.41) is 7.26. The number of halogens is 1. The number of hydrogen-bond donors (Lipinski definition) is 2. The number of nitrogens with zero attached hydrogens (tertiary/aromatic N) is 2. The van der Waals surface area contributed by atoms with E-state index in [4.69, 9.17) is 11.6 Å². The van der Waals surface area contributed by atoms with Crippen molar-refractivity contribution in [2.45, 2.75) is 19.8 Å². The molecule has 0 spiro atoms. The van der Waals surface area contributed by atoms with Crippen molar-refractivity contribution in [1.82, 2.24) is 9.97 Å². The predicted octanol–water partition coefficient (Wildman–Crippen LogP) is 5.23. The van der Waals surface area contributed by atoms with Crippen LogP contribution in [0.5, 0.6) is 0 Å². The van der Waals surface area contributed by atoms with Crippen molar-refractivity contribution in [3.05, 3.63) is 76.9 Å². The summed E-state index contributed by atoms with van der Waals surface area (Å²) >= 11 is 6.16. The van der Waals surface area contributed by atoms with Gasteiger partial charge in [-0.3, -0.25) is 0 Å². The Morgan fingerprint density at radius 3 is 2.68 bits per heavy atom. The van der Waals surface area contributed by atoms with Crippen LogP contribution in [0.3, 0.4) is 0 Å². The van der Waals surface area contributed by atoms with Crippen LogP contribution in [0.4, 0.5) is 17.5 Å². The second-order valence-corrected chi connectivity index (χ2v) is 6.28. The molecule has 3 aromatic rings. The van der Waals surface area contributed by atoms with Crippen LogP contribution in [0.15, 0.2) is 60.8 Å². The maximum absolute atomic E-state index is 6.16. The van der Waals surface area contributed by atoms with Gasteiger partial charge in [0.1, 0.15) is 5.82 Å². The average molecular weight is 353 g/mol. The van der Waals surface area contributed by atoms with Crippen LogP contribution in [-0.2, 0) is 6.42 Å². The van der Waals surface area contributed by atoms with Gasteiger partial charge in [-0.2, -0.15) is 4.98 Å². The molecule has 0 fully saturated rings. The lowest BCUT2D eigenvalue weighted by Gasteiger charge is -2.09. The fourth-order valence-corrected chi connectivity index (χ4v) is 2.65. The van der Waals surface area contributed by atoms with E-state index in [0.29, 0.717) is 5.95 Å². The molecule has 4 nitrogen and oxygen atoms in total. The third-order valence-electron chi connectivity index (χ3n) is 3.87. The van der Waals surface area contributed by atoms with E-state index in [2.05, 4.69) is 44.9 Å². The predicted molar refractivity (Wildman–Crippen MR) is 105 cm³/mol. The number of anilines is 3. The van der Waals surface area contributed by atoms with Crippen molar-refractivity contribution in [2.75, 3.05) is 17.2 Å². The Kier molecular flexibility index (Phi) is 5.86. The highest BCUT2D eigenvalue weighted by Gasteiger charge is 2.02. The molecule has 5 heteroatoms. The molecule has 1 aromatic heterocycles. The van der Waals surface area contributed by atoms with Crippen LogP contribution in [0.1, 0.15) is 17.5 Å². The number of aromatic nitrogens is 2. The van der Waals surface area contributed by atoms with Gasteiger partial charge in [-0.05, 0) is 49.1 Å². The lowest BCUT2D eigenvalue weighted by molar-refractivity contribution is 0.853. The van der Waals surface area contributed by atoms with Crippen molar-refractivity contribution >= 4 is 29.1 Å². The van der Waals surface area contributed by atoms with Crippen LogP contribution in [-0.4, -0.2) is 16.5 Å². The highest BCUT2D eigenvalue weighted by molar-refractivity contribution is 6.31. The lowest BCUT2D eigenvalue weighted by Crippen LogP contribution is -2.07. The van der Waals surface area contributed by atoms with Gasteiger partial charge >= 0.3 is 0 Å². The summed E-state index contributed by atoms with van der Waals surface area (Å²) in [6.07, 6.45) is 3.80. The molecule has 128 valence electrons. The minimum Gasteiger partial charge on any atom is -0.354 e. The lowest BCUT2D eigenvalue weighted by atomic mass is 10.1. The minimum atomic E-state index is 0.622. The first-order chi connectivity index (χ1) is 12.2. The topological polar surface area (TPSA) is 49.8 Å². The van der Waals surface area contributed by atoms with Crippen molar-refractivity contribution in [2.24, 2.45) is 0 Å². The summed E-state index contributed by atoms with van der Waals surface area (Å²) in [4.78, 5) is 8.76. The molecule has 0 aliphatic carbocycles. The van der Waals surface area contributed by atoms with Crippen molar-refractivity contribution in [3.63, 3.8) is 0 Å². The molecule has 0 unspecified atom stereocenters. The second kappa shape index (κ2) is 8.49. The van der Waals surface area contributed by atoms with E-state index in [-0.39, 0.29) is 0 Å². The van der Waals surface area contributed by atoms with Gasteiger partial charge in [0, 0.05) is 23.5 Å². The molecule has 0 saturated carbocycles. The molecule has 0 amide bonds. The Morgan fingerprint density at radius 1 is 1.04 bits per heavy atom. The fraction of sp³-hybridized carbons (Fsp3) is 0.200. The first kappa shape index (κ1) is 17.2. The Bertz CT molecular complexity index is 821. The number of hydrogen-bond acceptors (Lipinski definition) is 4. The standard InChI is InChI=1S/C20H21ClN4/c1-15-9-10-17(14-18(15)21)24-19-11-13-23-20(25-19)22-12-5-8-16-6-3-2-4-7-16/h2-4,6-7,9-11,13-14H,5,8,12H2,1H3,(H2,22,23,24,25).